The molecular weight excluding hydrogens is 388 g/mol. The number of hydrogen-bond acceptors (Lipinski definition) is 6. The van der Waals surface area contributed by atoms with Gasteiger partial charge in [-0.3, -0.25) is 24.2 Å². The number of carbonyl (C=O) groups is 3. The minimum absolute atomic E-state index is 0.161. The molecule has 5 rings (SSSR count). The topological polar surface area (TPSA) is 82.6 Å². The second kappa shape index (κ2) is 7.32. The highest BCUT2D eigenvalue weighted by molar-refractivity contribution is 7.13. The number of aromatic nitrogens is 1. The lowest BCUT2D eigenvalue weighted by Gasteiger charge is -2.30. The second-order valence-electron chi connectivity index (χ2n) is 8.94. The van der Waals surface area contributed by atoms with E-state index in [4.69, 9.17) is 0 Å². The maximum Gasteiger partial charge on any atom is 0.246 e. The van der Waals surface area contributed by atoms with Crippen molar-refractivity contribution >= 4 is 34.2 Å². The van der Waals surface area contributed by atoms with E-state index < -0.39 is 0 Å². The van der Waals surface area contributed by atoms with E-state index in [9.17, 15) is 14.4 Å². The zero-order valence-corrected chi connectivity index (χ0v) is 17.4. The summed E-state index contributed by atoms with van der Waals surface area (Å²) in [5.41, 5.74) is 0.949. The van der Waals surface area contributed by atoms with Crippen LogP contribution in [-0.2, 0) is 20.9 Å². The number of rotatable bonds is 5. The Kier molecular flexibility index (Phi) is 4.78. The number of hydrogen-bond donors (Lipinski definition) is 1. The summed E-state index contributed by atoms with van der Waals surface area (Å²) in [6, 6.07) is 0. The Morgan fingerprint density at radius 2 is 1.97 bits per heavy atom. The average Bonchev–Trinajstić information content (AvgIpc) is 3.44. The molecule has 3 fully saturated rings. The van der Waals surface area contributed by atoms with Crippen molar-refractivity contribution in [2.24, 2.45) is 29.6 Å². The first-order chi connectivity index (χ1) is 14.0. The zero-order valence-electron chi connectivity index (χ0n) is 16.5. The molecular formula is C21H26N4O3S. The van der Waals surface area contributed by atoms with Crippen molar-refractivity contribution in [3.05, 3.63) is 23.2 Å². The van der Waals surface area contributed by atoms with Crippen LogP contribution in [0.15, 0.2) is 17.5 Å². The molecule has 1 aromatic rings. The second-order valence-corrected chi connectivity index (χ2v) is 9.80. The number of imide groups is 1. The van der Waals surface area contributed by atoms with E-state index in [1.807, 2.05) is 5.38 Å². The number of likely N-dealkylation sites (tertiary alicyclic amines) is 2. The number of amides is 3. The third-order valence-electron chi connectivity index (χ3n) is 6.79. The van der Waals surface area contributed by atoms with Gasteiger partial charge in [0.2, 0.25) is 17.7 Å². The van der Waals surface area contributed by atoms with Gasteiger partial charge in [-0.2, -0.15) is 0 Å². The van der Waals surface area contributed by atoms with Crippen molar-refractivity contribution in [2.45, 2.75) is 32.7 Å². The summed E-state index contributed by atoms with van der Waals surface area (Å²) in [6.45, 7) is 5.01. The number of anilines is 1. The molecule has 1 aromatic heterocycles. The fourth-order valence-electron chi connectivity index (χ4n) is 5.52. The smallest absolute Gasteiger partial charge is 0.246 e. The molecule has 0 aromatic carbocycles. The molecule has 1 N–H and O–H groups in total. The van der Waals surface area contributed by atoms with Crippen LogP contribution >= 0.6 is 11.3 Å². The molecule has 7 nitrogen and oxygen atoms in total. The Bertz CT molecular complexity index is 851. The summed E-state index contributed by atoms with van der Waals surface area (Å²) in [4.78, 5) is 46.0. The van der Waals surface area contributed by atoms with Gasteiger partial charge in [0.1, 0.15) is 6.54 Å². The molecule has 2 saturated heterocycles. The molecule has 5 unspecified atom stereocenters. The first-order valence-corrected chi connectivity index (χ1v) is 11.4. The predicted octanol–water partition coefficient (Wildman–Crippen LogP) is 2.12. The lowest BCUT2D eigenvalue weighted by molar-refractivity contribution is -0.143. The van der Waals surface area contributed by atoms with Gasteiger partial charge in [-0.1, -0.05) is 19.1 Å². The molecule has 3 amide bonds. The van der Waals surface area contributed by atoms with Crippen molar-refractivity contribution in [1.82, 2.24) is 14.8 Å². The van der Waals surface area contributed by atoms with Crippen LogP contribution in [-0.4, -0.2) is 52.1 Å². The summed E-state index contributed by atoms with van der Waals surface area (Å²) >= 11 is 1.39. The summed E-state index contributed by atoms with van der Waals surface area (Å²) in [7, 11) is 0. The monoisotopic (exact) mass is 414 g/mol. The molecule has 29 heavy (non-hydrogen) atoms. The van der Waals surface area contributed by atoms with Crippen LogP contribution in [0.4, 0.5) is 5.13 Å². The van der Waals surface area contributed by atoms with E-state index in [0.717, 1.165) is 36.6 Å². The van der Waals surface area contributed by atoms with Gasteiger partial charge in [0, 0.05) is 18.5 Å². The largest absolute Gasteiger partial charge is 0.300 e. The summed E-state index contributed by atoms with van der Waals surface area (Å²) in [5, 5.41) is 5.26. The van der Waals surface area contributed by atoms with Gasteiger partial charge in [0.15, 0.2) is 5.13 Å². The molecule has 5 atom stereocenters. The fraction of sp³-hybridized carbons (Fsp3) is 0.619. The Balaban J connectivity index is 1.17. The highest BCUT2D eigenvalue weighted by Crippen LogP contribution is 2.52. The third-order valence-corrected chi connectivity index (χ3v) is 7.59. The van der Waals surface area contributed by atoms with Crippen LogP contribution in [0, 0.1) is 29.6 Å². The van der Waals surface area contributed by atoms with Crippen LogP contribution in [0.25, 0.3) is 0 Å². The van der Waals surface area contributed by atoms with E-state index in [2.05, 4.69) is 34.3 Å². The van der Waals surface area contributed by atoms with Gasteiger partial charge in [-0.25, -0.2) is 4.98 Å². The van der Waals surface area contributed by atoms with Crippen molar-refractivity contribution in [2.75, 3.05) is 25.0 Å². The molecule has 2 aliphatic heterocycles. The molecule has 0 spiro atoms. The van der Waals surface area contributed by atoms with E-state index in [1.165, 1.54) is 24.2 Å². The molecule has 4 aliphatic rings. The highest BCUT2D eigenvalue weighted by Gasteiger charge is 2.59. The molecule has 8 heteroatoms. The molecule has 2 aliphatic carbocycles. The van der Waals surface area contributed by atoms with Gasteiger partial charge in [0.05, 0.1) is 17.5 Å². The number of allylic oxidation sites excluding steroid dienone is 2. The normalized spacial score (nSPS) is 33.6. The Hall–Kier alpha value is -2.06. The predicted molar refractivity (Wildman–Crippen MR) is 109 cm³/mol. The number of nitrogens with zero attached hydrogens (tertiary/aromatic N) is 3. The first-order valence-electron chi connectivity index (χ1n) is 10.5. The summed E-state index contributed by atoms with van der Waals surface area (Å²) in [5.74, 6) is -0.229. The molecule has 0 radical (unpaired) electrons. The minimum atomic E-state index is -0.362. The quantitative estimate of drug-likeness (QED) is 0.590. The maximum absolute atomic E-state index is 12.7. The number of thiazole rings is 1. The molecule has 1 saturated carbocycles. The van der Waals surface area contributed by atoms with Gasteiger partial charge >= 0.3 is 0 Å². The van der Waals surface area contributed by atoms with Crippen molar-refractivity contribution in [3.63, 3.8) is 0 Å². The molecule has 2 bridgehead atoms. The van der Waals surface area contributed by atoms with E-state index in [-0.39, 0.29) is 47.9 Å². The number of carbonyl (C=O) groups excluding carboxylic acids is 3. The highest BCUT2D eigenvalue weighted by atomic mass is 32.1. The molecule has 3 heterocycles. The zero-order chi connectivity index (χ0) is 20.1. The van der Waals surface area contributed by atoms with Crippen LogP contribution in [0.2, 0.25) is 0 Å². The van der Waals surface area contributed by atoms with Crippen molar-refractivity contribution in [3.8, 4) is 0 Å². The standard InChI is InChI=1S/C21H26N4O3S/c1-12-3-2-6-24(8-12)9-15-11-29-21(22-15)23-16(26)10-25-19(27)17-13-4-5-14(7-13)18(17)20(25)28/h4-5,11-14,17-18H,2-3,6-10H2,1H3,(H,22,23,26). The Morgan fingerprint density at radius 3 is 2.66 bits per heavy atom. The Labute approximate surface area is 174 Å². The number of fused-ring (bicyclic) bond motifs is 5. The van der Waals surface area contributed by atoms with E-state index >= 15 is 0 Å². The van der Waals surface area contributed by atoms with Crippen molar-refractivity contribution < 1.29 is 14.4 Å². The molecule has 154 valence electrons. The van der Waals surface area contributed by atoms with Gasteiger partial charge < -0.3 is 5.32 Å². The average molecular weight is 415 g/mol. The van der Waals surface area contributed by atoms with Crippen molar-refractivity contribution in [1.29, 1.82) is 0 Å². The first kappa shape index (κ1) is 18.9. The lowest BCUT2D eigenvalue weighted by atomic mass is 9.85. The number of nitrogens with one attached hydrogen (secondary N) is 1. The van der Waals surface area contributed by atoms with Gasteiger partial charge in [0.25, 0.3) is 0 Å². The Morgan fingerprint density at radius 1 is 1.24 bits per heavy atom. The number of piperidine rings is 1. The maximum atomic E-state index is 12.7. The summed E-state index contributed by atoms with van der Waals surface area (Å²) < 4.78 is 0. The van der Waals surface area contributed by atoms with E-state index in [0.29, 0.717) is 11.0 Å². The van der Waals surface area contributed by atoms with Crippen LogP contribution in [0.5, 0.6) is 0 Å². The summed E-state index contributed by atoms with van der Waals surface area (Å²) in [6.07, 6.45) is 7.50. The lowest BCUT2D eigenvalue weighted by Crippen LogP contribution is -2.39. The third kappa shape index (κ3) is 3.42. The van der Waals surface area contributed by atoms with E-state index in [1.54, 1.807) is 0 Å². The fourth-order valence-corrected chi connectivity index (χ4v) is 6.24. The minimum Gasteiger partial charge on any atom is -0.300 e. The van der Waals surface area contributed by atoms with Crippen LogP contribution in [0.3, 0.4) is 0 Å². The van der Waals surface area contributed by atoms with Crippen LogP contribution in [0.1, 0.15) is 31.9 Å². The van der Waals surface area contributed by atoms with Crippen LogP contribution < -0.4 is 5.32 Å². The van der Waals surface area contributed by atoms with Gasteiger partial charge in [-0.05, 0) is 43.6 Å². The SMILES string of the molecule is CC1CCCN(Cc2csc(NC(=O)CN3C(=O)C4C5C=CC(C5)C4C3=O)n2)C1. The van der Waals surface area contributed by atoms with Gasteiger partial charge in [-0.15, -0.1) is 11.3 Å².